The van der Waals surface area contributed by atoms with E-state index in [2.05, 4.69) is 15.1 Å². The highest BCUT2D eigenvalue weighted by Crippen LogP contribution is 2.27. The SMILES string of the molecule is O=C(CN1CCCN(Cc2ccc(Cl)cc2)CC1)Nc1ccc(Cl)cc1[N+](=O)[O-]. The number of nitro groups is 1. The lowest BCUT2D eigenvalue weighted by atomic mass is 10.2. The molecule has 1 saturated heterocycles. The summed E-state index contributed by atoms with van der Waals surface area (Å²) in [5.41, 5.74) is 1.15. The lowest BCUT2D eigenvalue weighted by Gasteiger charge is -2.21. The van der Waals surface area contributed by atoms with Crippen LogP contribution in [0.2, 0.25) is 10.0 Å². The van der Waals surface area contributed by atoms with Crippen LogP contribution in [0.1, 0.15) is 12.0 Å². The molecule has 154 valence electrons. The maximum Gasteiger partial charge on any atom is 0.294 e. The first-order chi connectivity index (χ1) is 13.9. The van der Waals surface area contributed by atoms with Gasteiger partial charge in [-0.1, -0.05) is 35.3 Å². The van der Waals surface area contributed by atoms with Gasteiger partial charge in [-0.25, -0.2) is 0 Å². The molecule has 0 bridgehead atoms. The lowest BCUT2D eigenvalue weighted by molar-refractivity contribution is -0.383. The molecule has 7 nitrogen and oxygen atoms in total. The molecule has 0 aliphatic carbocycles. The van der Waals surface area contributed by atoms with Crippen molar-refractivity contribution in [3.63, 3.8) is 0 Å². The highest BCUT2D eigenvalue weighted by Gasteiger charge is 2.20. The van der Waals surface area contributed by atoms with Crippen molar-refractivity contribution < 1.29 is 9.72 Å². The number of hydrogen-bond acceptors (Lipinski definition) is 5. The normalized spacial score (nSPS) is 15.7. The molecule has 3 rings (SSSR count). The highest BCUT2D eigenvalue weighted by molar-refractivity contribution is 6.31. The van der Waals surface area contributed by atoms with E-state index in [-0.39, 0.29) is 28.8 Å². The van der Waals surface area contributed by atoms with Crippen LogP contribution in [0, 0.1) is 10.1 Å². The fourth-order valence-corrected chi connectivity index (χ4v) is 3.64. The molecule has 1 aliphatic rings. The summed E-state index contributed by atoms with van der Waals surface area (Å²) in [4.78, 5) is 27.5. The molecule has 1 fully saturated rings. The number of halogens is 2. The number of carbonyl (C=O) groups excluding carboxylic acids is 1. The molecule has 1 heterocycles. The third-order valence-corrected chi connectivity index (χ3v) is 5.29. The topological polar surface area (TPSA) is 78.7 Å². The van der Waals surface area contributed by atoms with Crippen LogP contribution < -0.4 is 5.32 Å². The number of carbonyl (C=O) groups is 1. The molecule has 0 radical (unpaired) electrons. The Labute approximate surface area is 179 Å². The fraction of sp³-hybridized carbons (Fsp3) is 0.350. The van der Waals surface area contributed by atoms with Gasteiger partial charge >= 0.3 is 0 Å². The first-order valence-corrected chi connectivity index (χ1v) is 10.1. The van der Waals surface area contributed by atoms with Gasteiger partial charge in [0.1, 0.15) is 5.69 Å². The third kappa shape index (κ3) is 6.40. The molecule has 29 heavy (non-hydrogen) atoms. The minimum absolute atomic E-state index is 0.156. The molecule has 0 aromatic heterocycles. The van der Waals surface area contributed by atoms with Crippen molar-refractivity contribution in [3.05, 3.63) is 68.2 Å². The Balaban J connectivity index is 1.53. The van der Waals surface area contributed by atoms with Crippen molar-refractivity contribution in [2.24, 2.45) is 0 Å². The number of nitro benzene ring substituents is 1. The zero-order valence-electron chi connectivity index (χ0n) is 15.8. The summed E-state index contributed by atoms with van der Waals surface area (Å²) in [6.45, 7) is 4.38. The summed E-state index contributed by atoms with van der Waals surface area (Å²) in [5, 5.41) is 14.8. The minimum Gasteiger partial charge on any atom is -0.319 e. The van der Waals surface area contributed by atoms with Crippen molar-refractivity contribution in [1.82, 2.24) is 9.80 Å². The van der Waals surface area contributed by atoms with Crippen LogP contribution in [0.5, 0.6) is 0 Å². The molecular formula is C20H22Cl2N4O3. The molecule has 1 amide bonds. The van der Waals surface area contributed by atoms with E-state index >= 15 is 0 Å². The van der Waals surface area contributed by atoms with E-state index < -0.39 is 4.92 Å². The summed E-state index contributed by atoms with van der Waals surface area (Å²) >= 11 is 11.8. The molecule has 2 aromatic carbocycles. The van der Waals surface area contributed by atoms with Crippen molar-refractivity contribution in [1.29, 1.82) is 0 Å². The van der Waals surface area contributed by atoms with Gasteiger partial charge in [0.05, 0.1) is 11.5 Å². The molecule has 2 aromatic rings. The second-order valence-corrected chi connectivity index (χ2v) is 7.87. The van der Waals surface area contributed by atoms with Crippen LogP contribution in [0.25, 0.3) is 0 Å². The number of nitrogens with one attached hydrogen (secondary N) is 1. The van der Waals surface area contributed by atoms with Gasteiger partial charge in [0.25, 0.3) is 5.69 Å². The predicted octanol–water partition coefficient (Wildman–Crippen LogP) is 4.05. The average molecular weight is 437 g/mol. The van der Waals surface area contributed by atoms with E-state index in [1.54, 1.807) is 0 Å². The van der Waals surface area contributed by atoms with Gasteiger partial charge in [-0.05, 0) is 49.3 Å². The van der Waals surface area contributed by atoms with Crippen molar-refractivity contribution in [3.8, 4) is 0 Å². The molecule has 9 heteroatoms. The summed E-state index contributed by atoms with van der Waals surface area (Å²) in [6, 6.07) is 12.0. The maximum atomic E-state index is 12.4. The van der Waals surface area contributed by atoms with E-state index in [9.17, 15) is 14.9 Å². The highest BCUT2D eigenvalue weighted by atomic mass is 35.5. The number of amides is 1. The summed E-state index contributed by atoms with van der Waals surface area (Å²) < 4.78 is 0. The smallest absolute Gasteiger partial charge is 0.294 e. The van der Waals surface area contributed by atoms with Gasteiger partial charge in [0.15, 0.2) is 0 Å². The van der Waals surface area contributed by atoms with E-state index in [1.165, 1.54) is 23.8 Å². The van der Waals surface area contributed by atoms with Crippen LogP contribution >= 0.6 is 23.2 Å². The first kappa shape index (κ1) is 21.5. The Morgan fingerprint density at radius 1 is 1.00 bits per heavy atom. The van der Waals surface area contributed by atoms with E-state index in [0.717, 1.165) is 44.2 Å². The van der Waals surface area contributed by atoms with Gasteiger partial charge in [-0.2, -0.15) is 0 Å². The summed E-state index contributed by atoms with van der Waals surface area (Å²) in [7, 11) is 0. The van der Waals surface area contributed by atoms with Gasteiger partial charge in [0.2, 0.25) is 5.91 Å². The standard InChI is InChI=1S/C20H22Cl2N4O3/c21-16-4-2-15(3-5-16)13-24-8-1-9-25(11-10-24)14-20(27)23-18-7-6-17(22)12-19(18)26(28)29/h2-7,12H,1,8-11,13-14H2,(H,23,27). The fourth-order valence-electron chi connectivity index (χ4n) is 3.34. The molecule has 1 aliphatic heterocycles. The largest absolute Gasteiger partial charge is 0.319 e. The van der Waals surface area contributed by atoms with Crippen molar-refractivity contribution in [2.75, 3.05) is 38.0 Å². The second kappa shape index (κ2) is 10.0. The van der Waals surface area contributed by atoms with Crippen LogP contribution in [0.3, 0.4) is 0 Å². The van der Waals surface area contributed by atoms with Gasteiger partial charge < -0.3 is 5.32 Å². The molecule has 0 saturated carbocycles. The molecule has 1 N–H and O–H groups in total. The Morgan fingerprint density at radius 3 is 2.38 bits per heavy atom. The lowest BCUT2D eigenvalue weighted by Crippen LogP contribution is -2.36. The van der Waals surface area contributed by atoms with Crippen LogP contribution in [-0.2, 0) is 11.3 Å². The first-order valence-electron chi connectivity index (χ1n) is 9.33. The number of nitrogens with zero attached hydrogens (tertiary/aromatic N) is 3. The zero-order valence-corrected chi connectivity index (χ0v) is 17.3. The number of rotatable bonds is 6. The predicted molar refractivity (Wildman–Crippen MR) is 115 cm³/mol. The van der Waals surface area contributed by atoms with E-state index in [0.29, 0.717) is 0 Å². The number of anilines is 1. The monoisotopic (exact) mass is 436 g/mol. The van der Waals surface area contributed by atoms with Crippen LogP contribution in [0.4, 0.5) is 11.4 Å². The Bertz CT molecular complexity index is 877. The molecule has 0 unspecified atom stereocenters. The molecule has 0 atom stereocenters. The summed E-state index contributed by atoms with van der Waals surface area (Å²) in [5.74, 6) is -0.276. The Kier molecular flexibility index (Phi) is 7.44. The third-order valence-electron chi connectivity index (χ3n) is 4.80. The molecular weight excluding hydrogens is 415 g/mol. The average Bonchev–Trinajstić information content (AvgIpc) is 2.90. The van der Waals surface area contributed by atoms with Gasteiger partial charge in [0, 0.05) is 35.7 Å². The minimum atomic E-state index is -0.554. The van der Waals surface area contributed by atoms with Crippen LogP contribution in [-0.4, -0.2) is 53.4 Å². The number of hydrogen-bond donors (Lipinski definition) is 1. The van der Waals surface area contributed by atoms with Crippen LogP contribution in [0.15, 0.2) is 42.5 Å². The summed E-state index contributed by atoms with van der Waals surface area (Å²) in [6.07, 6.45) is 0.946. The zero-order chi connectivity index (χ0) is 20.8. The van der Waals surface area contributed by atoms with E-state index in [1.807, 2.05) is 24.3 Å². The van der Waals surface area contributed by atoms with E-state index in [4.69, 9.17) is 23.2 Å². The second-order valence-electron chi connectivity index (χ2n) is 7.00. The van der Waals surface area contributed by atoms with Gasteiger partial charge in [-0.15, -0.1) is 0 Å². The molecule has 0 spiro atoms. The van der Waals surface area contributed by atoms with Crippen molar-refractivity contribution in [2.45, 2.75) is 13.0 Å². The van der Waals surface area contributed by atoms with Crippen molar-refractivity contribution >= 4 is 40.5 Å². The van der Waals surface area contributed by atoms with Gasteiger partial charge in [-0.3, -0.25) is 24.7 Å². The quantitative estimate of drug-likeness (QED) is 0.545. The maximum absolute atomic E-state index is 12.4. The Hall–Kier alpha value is -2.19. The Morgan fingerprint density at radius 2 is 1.66 bits per heavy atom. The number of benzene rings is 2.